The summed E-state index contributed by atoms with van der Waals surface area (Å²) in [5.74, 6) is 0.801. The lowest BCUT2D eigenvalue weighted by molar-refractivity contribution is -0.385. The number of benzene rings is 1. The maximum absolute atomic E-state index is 10.9. The SMILES string of the molecule is CN(C)c1ncnc2c1NCc1cc([N+](=O)[O-])ccc1S2. The van der Waals surface area contributed by atoms with Gasteiger partial charge in [0.15, 0.2) is 5.82 Å². The quantitative estimate of drug-likeness (QED) is 0.518. The molecule has 0 atom stereocenters. The van der Waals surface area contributed by atoms with Crippen molar-refractivity contribution in [3.63, 3.8) is 0 Å². The summed E-state index contributed by atoms with van der Waals surface area (Å²) < 4.78 is 0. The Labute approximate surface area is 125 Å². The number of aromatic nitrogens is 2. The van der Waals surface area contributed by atoms with Crippen LogP contribution in [0.5, 0.6) is 0 Å². The summed E-state index contributed by atoms with van der Waals surface area (Å²) in [6.45, 7) is 0.505. The number of hydrogen-bond donors (Lipinski definition) is 1. The van der Waals surface area contributed by atoms with Crippen molar-refractivity contribution in [1.82, 2.24) is 9.97 Å². The van der Waals surface area contributed by atoms with Gasteiger partial charge in [0.05, 0.1) is 4.92 Å². The minimum atomic E-state index is -0.381. The van der Waals surface area contributed by atoms with E-state index in [4.69, 9.17) is 0 Å². The Bertz CT molecular complexity index is 720. The summed E-state index contributed by atoms with van der Waals surface area (Å²) in [6, 6.07) is 4.89. The van der Waals surface area contributed by atoms with E-state index in [1.54, 1.807) is 12.1 Å². The highest BCUT2D eigenvalue weighted by Gasteiger charge is 2.21. The van der Waals surface area contributed by atoms with Gasteiger partial charge in [0.25, 0.3) is 5.69 Å². The maximum Gasteiger partial charge on any atom is 0.269 e. The lowest BCUT2D eigenvalue weighted by atomic mass is 10.2. The largest absolute Gasteiger partial charge is 0.376 e. The Kier molecular flexibility index (Phi) is 3.38. The molecule has 1 aromatic heterocycles. The van der Waals surface area contributed by atoms with E-state index in [1.807, 2.05) is 19.0 Å². The Morgan fingerprint density at radius 2 is 2.19 bits per heavy atom. The minimum absolute atomic E-state index is 0.0982. The van der Waals surface area contributed by atoms with Crippen LogP contribution in [0, 0.1) is 10.1 Å². The predicted molar refractivity (Wildman–Crippen MR) is 80.9 cm³/mol. The molecule has 2 aromatic rings. The summed E-state index contributed by atoms with van der Waals surface area (Å²) in [5, 5.41) is 15.0. The van der Waals surface area contributed by atoms with Crippen molar-refractivity contribution in [3.05, 3.63) is 40.2 Å². The van der Waals surface area contributed by atoms with E-state index < -0.39 is 0 Å². The molecular formula is C13H13N5O2S. The first-order valence-corrected chi connectivity index (χ1v) is 7.09. The summed E-state index contributed by atoms with van der Waals surface area (Å²) in [5.41, 5.74) is 1.84. The van der Waals surface area contributed by atoms with Crippen LogP contribution in [0.2, 0.25) is 0 Å². The fourth-order valence-corrected chi connectivity index (χ4v) is 3.11. The van der Waals surface area contributed by atoms with E-state index in [0.29, 0.717) is 6.54 Å². The van der Waals surface area contributed by atoms with Gasteiger partial charge in [0, 0.05) is 37.7 Å². The normalized spacial score (nSPS) is 12.7. The molecule has 1 aliphatic rings. The van der Waals surface area contributed by atoms with E-state index >= 15 is 0 Å². The molecule has 0 amide bonds. The fraction of sp³-hybridized carbons (Fsp3) is 0.231. The molecule has 0 fully saturated rings. The van der Waals surface area contributed by atoms with Crippen LogP contribution >= 0.6 is 11.8 Å². The van der Waals surface area contributed by atoms with E-state index in [1.165, 1.54) is 24.2 Å². The van der Waals surface area contributed by atoms with E-state index in [2.05, 4.69) is 15.3 Å². The van der Waals surface area contributed by atoms with Crippen molar-refractivity contribution in [2.45, 2.75) is 16.5 Å². The van der Waals surface area contributed by atoms with Crippen LogP contribution in [0.15, 0.2) is 34.4 Å². The van der Waals surface area contributed by atoms with E-state index in [9.17, 15) is 10.1 Å². The zero-order chi connectivity index (χ0) is 15.0. The van der Waals surface area contributed by atoms with Crippen molar-refractivity contribution in [2.24, 2.45) is 0 Å². The second kappa shape index (κ2) is 5.21. The van der Waals surface area contributed by atoms with Gasteiger partial charge in [-0.15, -0.1) is 0 Å². The highest BCUT2D eigenvalue weighted by molar-refractivity contribution is 7.99. The summed E-state index contributed by atoms with van der Waals surface area (Å²) in [4.78, 5) is 22.0. The van der Waals surface area contributed by atoms with Crippen molar-refractivity contribution in [1.29, 1.82) is 0 Å². The molecule has 21 heavy (non-hydrogen) atoms. The molecule has 0 spiro atoms. The molecule has 0 aliphatic carbocycles. The highest BCUT2D eigenvalue weighted by Crippen LogP contribution is 2.41. The first-order chi connectivity index (χ1) is 10.1. The maximum atomic E-state index is 10.9. The third-order valence-corrected chi connectivity index (χ3v) is 4.25. The number of nitrogens with one attached hydrogen (secondary N) is 1. The standard InChI is InChI=1S/C13H13N5O2S/c1-17(2)12-11-13(16-7-15-12)21-10-4-3-9(18(19)20)5-8(10)6-14-11/h3-5,7,14H,6H2,1-2H3. The van der Waals surface area contributed by atoms with Gasteiger partial charge in [0.1, 0.15) is 17.0 Å². The first kappa shape index (κ1) is 13.6. The van der Waals surface area contributed by atoms with Crippen LogP contribution < -0.4 is 10.2 Å². The molecule has 1 N–H and O–H groups in total. The number of nitro benzene ring substituents is 1. The average Bonchev–Trinajstić information content (AvgIpc) is 2.64. The third-order valence-electron chi connectivity index (χ3n) is 3.13. The number of hydrogen-bond acceptors (Lipinski definition) is 7. The summed E-state index contributed by atoms with van der Waals surface area (Å²) in [6.07, 6.45) is 1.53. The van der Waals surface area contributed by atoms with Crippen LogP contribution in [0.4, 0.5) is 17.2 Å². The van der Waals surface area contributed by atoms with Gasteiger partial charge in [-0.2, -0.15) is 0 Å². The molecular weight excluding hydrogens is 290 g/mol. The second-order valence-corrected chi connectivity index (χ2v) is 5.81. The number of non-ortho nitro benzene ring substituents is 1. The molecule has 108 valence electrons. The van der Waals surface area contributed by atoms with Gasteiger partial charge in [-0.3, -0.25) is 10.1 Å². The molecule has 1 aromatic carbocycles. The van der Waals surface area contributed by atoms with Crippen LogP contribution in [0.3, 0.4) is 0 Å². The van der Waals surface area contributed by atoms with E-state index in [-0.39, 0.29) is 10.6 Å². The van der Waals surface area contributed by atoms with Crippen LogP contribution in [0.25, 0.3) is 0 Å². The van der Waals surface area contributed by atoms with Crippen LogP contribution in [-0.4, -0.2) is 29.0 Å². The monoisotopic (exact) mass is 303 g/mol. The summed E-state index contributed by atoms with van der Waals surface area (Å²) in [7, 11) is 3.83. The zero-order valence-electron chi connectivity index (χ0n) is 11.5. The molecule has 1 aliphatic heterocycles. The fourth-order valence-electron chi connectivity index (χ4n) is 2.14. The molecule has 0 unspecified atom stereocenters. The van der Waals surface area contributed by atoms with Gasteiger partial charge in [0.2, 0.25) is 0 Å². The lowest BCUT2D eigenvalue weighted by Gasteiger charge is -2.17. The predicted octanol–water partition coefficient (Wildman–Crippen LogP) is 2.53. The second-order valence-electron chi connectivity index (χ2n) is 4.78. The Hall–Kier alpha value is -2.35. The number of nitro groups is 1. The molecule has 0 saturated heterocycles. The van der Waals surface area contributed by atoms with Gasteiger partial charge in [-0.05, 0) is 11.6 Å². The first-order valence-electron chi connectivity index (χ1n) is 6.27. The van der Waals surface area contributed by atoms with Crippen LogP contribution in [0.1, 0.15) is 5.56 Å². The number of nitrogens with zero attached hydrogens (tertiary/aromatic N) is 4. The van der Waals surface area contributed by atoms with Crippen molar-refractivity contribution in [2.75, 3.05) is 24.3 Å². The summed E-state index contributed by atoms with van der Waals surface area (Å²) >= 11 is 1.49. The smallest absolute Gasteiger partial charge is 0.269 e. The van der Waals surface area contributed by atoms with Crippen LogP contribution in [-0.2, 0) is 6.54 Å². The number of rotatable bonds is 2. The van der Waals surface area contributed by atoms with Crippen molar-refractivity contribution >= 4 is 29.0 Å². The lowest BCUT2D eigenvalue weighted by Crippen LogP contribution is -2.14. The van der Waals surface area contributed by atoms with E-state index in [0.717, 1.165) is 27.0 Å². The highest BCUT2D eigenvalue weighted by atomic mass is 32.2. The zero-order valence-corrected chi connectivity index (χ0v) is 12.3. The van der Waals surface area contributed by atoms with Gasteiger partial charge < -0.3 is 10.2 Å². The molecule has 7 nitrogen and oxygen atoms in total. The number of anilines is 2. The third kappa shape index (κ3) is 2.49. The van der Waals surface area contributed by atoms with Gasteiger partial charge in [-0.1, -0.05) is 11.8 Å². The molecule has 3 rings (SSSR count). The Balaban J connectivity index is 2.04. The molecule has 0 bridgehead atoms. The molecule has 8 heteroatoms. The number of fused-ring (bicyclic) bond motifs is 2. The average molecular weight is 303 g/mol. The molecule has 0 radical (unpaired) electrons. The minimum Gasteiger partial charge on any atom is -0.376 e. The van der Waals surface area contributed by atoms with Gasteiger partial charge >= 0.3 is 0 Å². The van der Waals surface area contributed by atoms with Gasteiger partial charge in [-0.25, -0.2) is 9.97 Å². The topological polar surface area (TPSA) is 84.2 Å². The van der Waals surface area contributed by atoms with Crippen molar-refractivity contribution in [3.8, 4) is 0 Å². The van der Waals surface area contributed by atoms with Crippen molar-refractivity contribution < 1.29 is 4.92 Å². The Morgan fingerprint density at radius 3 is 2.90 bits per heavy atom. The molecule has 2 heterocycles. The molecule has 0 saturated carbocycles. The Morgan fingerprint density at radius 1 is 1.38 bits per heavy atom.